The van der Waals surface area contributed by atoms with Crippen molar-refractivity contribution >= 4 is 62.3 Å². The second-order valence-corrected chi connectivity index (χ2v) is 35.6. The van der Waals surface area contributed by atoms with Gasteiger partial charge < -0.3 is 0 Å². The predicted octanol–water partition coefficient (Wildman–Crippen LogP) is 25.7. The fraction of sp³-hybridized carbons (Fsp3) is 0.402. The van der Waals surface area contributed by atoms with E-state index in [0.29, 0.717) is 102 Å². The maximum atomic E-state index is 14.6. The molecular weight excluding hydrogens is 1610 g/mol. The molecule has 0 aliphatic heterocycles. The first-order chi connectivity index (χ1) is 57.2. The van der Waals surface area contributed by atoms with Crippen LogP contribution in [0.5, 0.6) is 0 Å². The van der Waals surface area contributed by atoms with Gasteiger partial charge in [-0.2, -0.15) is 20.4 Å². The van der Waals surface area contributed by atoms with Gasteiger partial charge in [0.15, 0.2) is 40.6 Å². The second kappa shape index (κ2) is 36.3. The molecule has 0 N–H and O–H groups in total. The minimum absolute atomic E-state index is 0.00155. The maximum absolute atomic E-state index is 14.6. The molecule has 0 saturated heterocycles. The summed E-state index contributed by atoms with van der Waals surface area (Å²) in [4.78, 5) is 52.9. The molecule has 612 valence electrons. The van der Waals surface area contributed by atoms with Crippen LogP contribution in [0.2, 0.25) is 5.02 Å². The molecule has 19 rings (SSSR count). The van der Waals surface area contributed by atoms with E-state index >= 15 is 0 Å². The Labute approximate surface area is 703 Å². The Morgan fingerprint density at radius 3 is 1.06 bits per heavy atom. The van der Waals surface area contributed by atoms with Crippen LogP contribution in [-0.4, -0.2) is 68.1 Å². The number of hydrogen-bond acceptors (Lipinski definition) is 8. The van der Waals surface area contributed by atoms with E-state index in [-0.39, 0.29) is 40.2 Å². The Morgan fingerprint density at radius 2 is 0.695 bits per heavy atom. The lowest BCUT2D eigenvalue weighted by atomic mass is 9.85. The first-order valence-electron chi connectivity index (χ1n) is 42.5. The number of rotatable bonds is 20. The van der Waals surface area contributed by atoms with Crippen molar-refractivity contribution in [2.24, 2.45) is 23.7 Å². The molecule has 4 fully saturated rings. The van der Waals surface area contributed by atoms with E-state index in [1.807, 2.05) is 49.4 Å². The molecule has 0 amide bonds. The van der Waals surface area contributed by atoms with Crippen molar-refractivity contribution in [3.8, 4) is 62.1 Å². The summed E-state index contributed by atoms with van der Waals surface area (Å²) >= 11 is 15.5. The largest absolute Gasteiger partial charge is 0.292 e. The van der Waals surface area contributed by atoms with Crippen molar-refractivity contribution in [3.05, 3.63) is 250 Å². The van der Waals surface area contributed by atoms with Crippen LogP contribution < -0.4 is 0 Å². The van der Waals surface area contributed by atoms with Gasteiger partial charge in [0, 0.05) is 136 Å². The Hall–Kier alpha value is -9.30. The van der Waals surface area contributed by atoms with E-state index in [0.717, 1.165) is 179 Å². The topological polar surface area (TPSA) is 140 Å². The van der Waals surface area contributed by atoms with E-state index in [9.17, 15) is 45.5 Å². The summed E-state index contributed by atoms with van der Waals surface area (Å²) in [5, 5.41) is 19.2. The van der Waals surface area contributed by atoms with Gasteiger partial charge in [-0.25, -0.2) is 40.4 Å². The van der Waals surface area contributed by atoms with Gasteiger partial charge in [0.05, 0.1) is 22.8 Å². The van der Waals surface area contributed by atoms with Crippen LogP contribution in [0.4, 0.5) is 26.3 Å². The minimum atomic E-state index is -0.714. The summed E-state index contributed by atoms with van der Waals surface area (Å²) in [5.74, 6) is -1.27. The number of aromatic nitrogens is 8. The average Bonchev–Trinajstić information content (AvgIpc) is 1.60. The lowest BCUT2D eigenvalue weighted by molar-refractivity contribution is 0.0935. The summed E-state index contributed by atoms with van der Waals surface area (Å²) < 4.78 is 91.9. The van der Waals surface area contributed by atoms with E-state index in [4.69, 9.17) is 28.3 Å². The lowest BCUT2D eigenvalue weighted by Gasteiger charge is -2.20. The number of fused-ring (bicyclic) bond motifs is 12. The molecular formula is C97H97BrCl2F6N8O4. The number of alkyl halides is 1. The molecule has 21 heteroatoms. The minimum Gasteiger partial charge on any atom is -0.292 e. The maximum Gasteiger partial charge on any atom is 0.183 e. The number of halogens is 9. The molecule has 0 bridgehead atoms. The summed E-state index contributed by atoms with van der Waals surface area (Å²) in [6, 6.07) is 34.5. The normalized spacial score (nSPS) is 15.9. The number of carbonyl (C=O) groups is 4. The Balaban J connectivity index is 0.000000118. The molecule has 0 atom stereocenters. The molecule has 12 nitrogen and oxygen atoms in total. The van der Waals surface area contributed by atoms with Crippen molar-refractivity contribution in [3.63, 3.8) is 0 Å². The highest BCUT2D eigenvalue weighted by Crippen LogP contribution is 2.47. The number of nitrogens with zero attached hydrogens (tertiary/aromatic N) is 8. The Bertz CT molecular complexity index is 5230. The smallest absolute Gasteiger partial charge is 0.183 e. The van der Waals surface area contributed by atoms with Crippen LogP contribution in [0.1, 0.15) is 271 Å². The SMILES string of the molecule is Cc1ccc2c(c1)Cc1c(C(=O)CC3CCCCC3)nn(-c3ccc(F)cc3F)c1-2.Cc1ccc2c(c1)Cc1c(C(=O)CC3CCCCC3)nn(CCCCCCl)c1-2.O=C(CC1CCCCC1)c1nn(-c2ccc(F)cc2F)c2c1Cc1cc(Br)ccc1-2.O=C(CC1CCCCC1)c1nn(-c2ccc(F)cc2F)c2c1Cc1cc(Cl)ccc1-2. The molecule has 4 heterocycles. The summed E-state index contributed by atoms with van der Waals surface area (Å²) in [7, 11) is 0. The fourth-order valence-corrected chi connectivity index (χ4v) is 20.4. The standard InChI is InChI=1S/C25H24F2N2O.C24H21BrF2N2O.C24H21ClF2N2O.C24H31ClN2O/c1-15-7-9-19-17(11-15)13-20-24(23(30)12-16-5-3-2-4-6-16)28-29(25(19)20)22-10-8-18(26)14-21(22)27;2*25-16-6-8-18-15(11-16)12-19-23(22(30)10-14-4-2-1-3-5-14)28-29(24(18)19)21-9-7-17(26)13-20(21)27;1-17-10-11-20-19(14-17)16-21-23(22(28)15-18-8-4-2-5-9-18)26-27(24(20)21)13-7-3-6-12-25/h7-11,14,16H,2-6,12-13H2,1H3;2*6-9,11,13-14H,1-5,10,12H2;10-11,14,18H,2-9,12-13,15-16H2,1H3. The van der Waals surface area contributed by atoms with Gasteiger partial charge in [0.2, 0.25) is 0 Å². The third-order valence-electron chi connectivity index (χ3n) is 25.4. The summed E-state index contributed by atoms with van der Waals surface area (Å²) in [6.07, 6.45) is 31.3. The van der Waals surface area contributed by atoms with Crippen LogP contribution >= 0.6 is 39.1 Å². The van der Waals surface area contributed by atoms with Gasteiger partial charge in [-0.1, -0.05) is 222 Å². The first-order valence-corrected chi connectivity index (χ1v) is 44.2. The van der Waals surface area contributed by atoms with Crippen molar-refractivity contribution in [1.82, 2.24) is 39.1 Å². The number of Topliss-reactive ketones (excluding diaryl/α,β-unsaturated/α-hetero) is 4. The Kier molecular flexibility index (Phi) is 25.4. The van der Waals surface area contributed by atoms with Crippen molar-refractivity contribution in [1.29, 1.82) is 0 Å². The average molecular weight is 1700 g/mol. The molecule has 0 spiro atoms. The van der Waals surface area contributed by atoms with Crippen LogP contribution in [0.25, 0.3) is 62.1 Å². The van der Waals surface area contributed by atoms with E-state index in [2.05, 4.69) is 67.1 Å². The zero-order chi connectivity index (χ0) is 82.0. The monoisotopic (exact) mass is 1700 g/mol. The number of ketones is 4. The van der Waals surface area contributed by atoms with Gasteiger partial charge >= 0.3 is 0 Å². The summed E-state index contributed by atoms with van der Waals surface area (Å²) in [5.41, 5.74) is 20.4. The number of aryl methyl sites for hydroxylation is 3. The highest BCUT2D eigenvalue weighted by atomic mass is 79.9. The van der Waals surface area contributed by atoms with E-state index in [1.165, 1.54) is 155 Å². The fourth-order valence-electron chi connectivity index (χ4n) is 19.6. The molecule has 0 radical (unpaired) electrons. The molecule has 11 aromatic rings. The molecule has 4 saturated carbocycles. The third-order valence-corrected chi connectivity index (χ3v) is 26.4. The van der Waals surface area contributed by atoms with Crippen LogP contribution in [0.15, 0.2) is 132 Å². The molecule has 8 aliphatic carbocycles. The zero-order valence-corrected chi connectivity index (χ0v) is 70.0. The molecule has 7 aromatic carbocycles. The van der Waals surface area contributed by atoms with Crippen LogP contribution in [0.3, 0.4) is 0 Å². The van der Waals surface area contributed by atoms with E-state index < -0.39 is 34.9 Å². The summed E-state index contributed by atoms with van der Waals surface area (Å²) in [6.45, 7) is 5.03. The zero-order valence-electron chi connectivity index (χ0n) is 66.9. The van der Waals surface area contributed by atoms with Crippen molar-refractivity contribution in [2.75, 3.05) is 5.88 Å². The van der Waals surface area contributed by atoms with Crippen molar-refractivity contribution < 1.29 is 45.5 Å². The quantitative estimate of drug-likeness (QED) is 0.0318. The number of hydrogen-bond donors (Lipinski definition) is 0. The lowest BCUT2D eigenvalue weighted by Crippen LogP contribution is -2.14. The third kappa shape index (κ3) is 17.7. The van der Waals surface area contributed by atoms with Crippen molar-refractivity contribution in [2.45, 2.75) is 219 Å². The predicted molar refractivity (Wildman–Crippen MR) is 454 cm³/mol. The highest BCUT2D eigenvalue weighted by molar-refractivity contribution is 9.10. The highest BCUT2D eigenvalue weighted by Gasteiger charge is 2.38. The van der Waals surface area contributed by atoms with Gasteiger partial charge in [0.1, 0.15) is 57.3 Å². The molecule has 8 aliphatic rings. The van der Waals surface area contributed by atoms with Gasteiger partial charge in [0.25, 0.3) is 0 Å². The van der Waals surface area contributed by atoms with Crippen LogP contribution in [-0.2, 0) is 32.2 Å². The molecule has 0 unspecified atom stereocenters. The van der Waals surface area contributed by atoms with Gasteiger partial charge in [-0.15, -0.1) is 11.6 Å². The number of unbranched alkanes of at least 4 members (excludes halogenated alkanes) is 2. The molecule has 4 aromatic heterocycles. The van der Waals surface area contributed by atoms with Crippen LogP contribution in [0, 0.1) is 72.4 Å². The Morgan fingerprint density at radius 1 is 0.373 bits per heavy atom. The second-order valence-electron chi connectivity index (χ2n) is 33.9. The number of carbonyl (C=O) groups excluding carboxylic acids is 4. The first kappa shape index (κ1) is 82.4. The molecule has 118 heavy (non-hydrogen) atoms. The van der Waals surface area contributed by atoms with E-state index in [1.54, 1.807) is 6.07 Å². The van der Waals surface area contributed by atoms with Gasteiger partial charge in [-0.05, 0) is 133 Å². The van der Waals surface area contributed by atoms with Gasteiger partial charge in [-0.3, -0.25) is 23.9 Å². The number of benzene rings is 7.